The highest BCUT2D eigenvalue weighted by atomic mass is 16.5. The number of methoxy groups -OCH3 is 1. The number of carbonyl (C=O) groups is 1. The second kappa shape index (κ2) is 7.40. The number of rotatable bonds is 7. The second-order valence-corrected chi connectivity index (χ2v) is 4.42. The molecule has 0 bridgehead atoms. The summed E-state index contributed by atoms with van der Waals surface area (Å²) in [5, 5.41) is 28.9. The number of carboxylic acid groups (broad SMARTS) is 1. The Kier molecular flexibility index (Phi) is 5.87. The third kappa shape index (κ3) is 3.90. The van der Waals surface area contributed by atoms with Crippen LogP contribution in [0.3, 0.4) is 0 Å². The van der Waals surface area contributed by atoms with E-state index in [0.29, 0.717) is 36.3 Å². The van der Waals surface area contributed by atoms with Crippen molar-refractivity contribution in [2.24, 2.45) is 0 Å². The van der Waals surface area contributed by atoms with Crippen LogP contribution in [0.15, 0.2) is 0 Å². The molecule has 108 valence electrons. The molecule has 0 aliphatic carbocycles. The van der Waals surface area contributed by atoms with Gasteiger partial charge in [-0.1, -0.05) is 0 Å². The highest BCUT2D eigenvalue weighted by Gasteiger charge is 2.20. The number of nitrogens with zero attached hydrogens (tertiary/aromatic N) is 3. The van der Waals surface area contributed by atoms with E-state index < -0.39 is 12.0 Å². The molecule has 0 saturated carbocycles. The smallest absolute Gasteiger partial charge is 0.326 e. The van der Waals surface area contributed by atoms with Crippen LogP contribution < -0.4 is 5.32 Å². The summed E-state index contributed by atoms with van der Waals surface area (Å²) in [6.45, 7) is 3.99. The molecule has 0 spiro atoms. The van der Waals surface area contributed by atoms with Crippen LogP contribution in [0.5, 0.6) is 0 Å². The Hall–Kier alpha value is -2.20. The number of hydrogen-bond donors (Lipinski definition) is 2. The van der Waals surface area contributed by atoms with Crippen LogP contribution in [-0.4, -0.2) is 41.0 Å². The third-order valence-electron chi connectivity index (χ3n) is 3.02. The summed E-state index contributed by atoms with van der Waals surface area (Å²) in [5.74, 6) is -0.787. The van der Waals surface area contributed by atoms with E-state index in [4.69, 9.17) is 10.00 Å². The number of ether oxygens (including phenoxy) is 1. The summed E-state index contributed by atoms with van der Waals surface area (Å²) in [4.78, 5) is 11.2. The largest absolute Gasteiger partial charge is 0.480 e. The van der Waals surface area contributed by atoms with Crippen molar-refractivity contribution in [1.82, 2.24) is 10.2 Å². The van der Waals surface area contributed by atoms with Gasteiger partial charge in [0.25, 0.3) is 0 Å². The molecule has 0 fully saturated rings. The first-order chi connectivity index (χ1) is 9.51. The van der Waals surface area contributed by atoms with Gasteiger partial charge < -0.3 is 15.2 Å². The average Bonchev–Trinajstić information content (AvgIpc) is 2.42. The summed E-state index contributed by atoms with van der Waals surface area (Å²) in [6, 6.07) is 1.21. The molecule has 0 radical (unpaired) electrons. The van der Waals surface area contributed by atoms with E-state index in [1.807, 2.05) is 6.07 Å². The van der Waals surface area contributed by atoms with Crippen molar-refractivity contribution in [3.63, 3.8) is 0 Å². The maximum absolute atomic E-state index is 11.2. The fourth-order valence-corrected chi connectivity index (χ4v) is 1.70. The molecule has 20 heavy (non-hydrogen) atoms. The highest BCUT2D eigenvalue weighted by molar-refractivity contribution is 5.77. The molecule has 0 aliphatic heterocycles. The summed E-state index contributed by atoms with van der Waals surface area (Å²) < 4.78 is 4.90. The van der Waals surface area contributed by atoms with E-state index in [2.05, 4.69) is 15.5 Å². The van der Waals surface area contributed by atoms with Gasteiger partial charge in [-0.2, -0.15) is 10.4 Å². The SMILES string of the molecule is COCCCC(Nc1nnc(C)c(C)c1C#N)C(=O)O. The van der Waals surface area contributed by atoms with E-state index in [9.17, 15) is 9.90 Å². The molecule has 0 aliphatic rings. The molecule has 0 aromatic carbocycles. The van der Waals surface area contributed by atoms with E-state index in [0.717, 1.165) is 0 Å². The number of aryl methyl sites for hydroxylation is 1. The van der Waals surface area contributed by atoms with Crippen LogP contribution in [0.2, 0.25) is 0 Å². The Morgan fingerprint density at radius 2 is 2.20 bits per heavy atom. The second-order valence-electron chi connectivity index (χ2n) is 4.42. The van der Waals surface area contributed by atoms with Crippen molar-refractivity contribution in [2.45, 2.75) is 32.7 Å². The molecule has 0 saturated heterocycles. The monoisotopic (exact) mass is 278 g/mol. The van der Waals surface area contributed by atoms with Crippen LogP contribution in [0.4, 0.5) is 5.82 Å². The van der Waals surface area contributed by atoms with E-state index in [1.54, 1.807) is 21.0 Å². The first-order valence-corrected chi connectivity index (χ1v) is 6.23. The first kappa shape index (κ1) is 15.9. The Morgan fingerprint density at radius 1 is 1.50 bits per heavy atom. The van der Waals surface area contributed by atoms with Gasteiger partial charge in [0.2, 0.25) is 0 Å². The molecule has 1 unspecified atom stereocenters. The van der Waals surface area contributed by atoms with Crippen LogP contribution in [0.25, 0.3) is 0 Å². The number of aliphatic carboxylic acids is 1. The average molecular weight is 278 g/mol. The van der Waals surface area contributed by atoms with Crippen molar-refractivity contribution in [3.05, 3.63) is 16.8 Å². The lowest BCUT2D eigenvalue weighted by Gasteiger charge is -2.16. The van der Waals surface area contributed by atoms with E-state index in [-0.39, 0.29) is 5.82 Å². The number of nitriles is 1. The van der Waals surface area contributed by atoms with E-state index in [1.165, 1.54) is 0 Å². The number of nitrogens with one attached hydrogen (secondary N) is 1. The van der Waals surface area contributed by atoms with Crippen molar-refractivity contribution in [3.8, 4) is 6.07 Å². The quantitative estimate of drug-likeness (QED) is 0.722. The normalized spacial score (nSPS) is 11.7. The van der Waals surface area contributed by atoms with Crippen molar-refractivity contribution < 1.29 is 14.6 Å². The molecule has 0 amide bonds. The predicted octanol–water partition coefficient (Wildman–Crippen LogP) is 1.26. The van der Waals surface area contributed by atoms with Crippen molar-refractivity contribution >= 4 is 11.8 Å². The predicted molar refractivity (Wildman–Crippen MR) is 72.4 cm³/mol. The van der Waals surface area contributed by atoms with Gasteiger partial charge in [0.1, 0.15) is 17.7 Å². The van der Waals surface area contributed by atoms with Gasteiger partial charge in [-0.25, -0.2) is 4.79 Å². The third-order valence-corrected chi connectivity index (χ3v) is 3.02. The number of aromatic nitrogens is 2. The Balaban J connectivity index is 2.92. The van der Waals surface area contributed by atoms with Crippen molar-refractivity contribution in [2.75, 3.05) is 19.0 Å². The number of anilines is 1. The van der Waals surface area contributed by atoms with Crippen molar-refractivity contribution in [1.29, 1.82) is 5.26 Å². The van der Waals surface area contributed by atoms with Crippen LogP contribution >= 0.6 is 0 Å². The summed E-state index contributed by atoms with van der Waals surface area (Å²) in [5.41, 5.74) is 1.68. The molecule has 1 atom stereocenters. The van der Waals surface area contributed by atoms with Crippen LogP contribution in [0, 0.1) is 25.2 Å². The lowest BCUT2D eigenvalue weighted by atomic mass is 10.1. The minimum atomic E-state index is -0.995. The molecule has 7 heteroatoms. The fraction of sp³-hybridized carbons (Fsp3) is 0.538. The molecular weight excluding hydrogens is 260 g/mol. The zero-order valence-corrected chi connectivity index (χ0v) is 11.8. The Morgan fingerprint density at radius 3 is 2.75 bits per heavy atom. The summed E-state index contributed by atoms with van der Waals surface area (Å²) in [7, 11) is 1.56. The van der Waals surface area contributed by atoms with Gasteiger partial charge >= 0.3 is 5.97 Å². The standard InChI is InChI=1S/C13H18N4O3/c1-8-9(2)16-17-12(10(8)7-14)15-11(13(18)19)5-4-6-20-3/h11H,4-6H2,1-3H3,(H,15,17)(H,18,19). The van der Waals surface area contributed by atoms with Gasteiger partial charge in [-0.3, -0.25) is 0 Å². The maximum atomic E-state index is 11.2. The van der Waals surface area contributed by atoms with Crippen LogP contribution in [-0.2, 0) is 9.53 Å². The molecular formula is C13H18N4O3. The van der Waals surface area contributed by atoms with Gasteiger partial charge in [0.05, 0.1) is 5.69 Å². The molecule has 1 aromatic heterocycles. The van der Waals surface area contributed by atoms with Gasteiger partial charge in [-0.15, -0.1) is 5.10 Å². The summed E-state index contributed by atoms with van der Waals surface area (Å²) in [6.07, 6.45) is 0.975. The van der Waals surface area contributed by atoms with E-state index >= 15 is 0 Å². The zero-order chi connectivity index (χ0) is 15.1. The van der Waals surface area contributed by atoms with Gasteiger partial charge in [0.15, 0.2) is 5.82 Å². The molecule has 1 rings (SSSR count). The first-order valence-electron chi connectivity index (χ1n) is 6.23. The van der Waals surface area contributed by atoms with Gasteiger partial charge in [-0.05, 0) is 32.3 Å². The molecule has 1 aromatic rings. The minimum absolute atomic E-state index is 0.209. The highest BCUT2D eigenvalue weighted by Crippen LogP contribution is 2.18. The zero-order valence-electron chi connectivity index (χ0n) is 11.8. The molecule has 1 heterocycles. The maximum Gasteiger partial charge on any atom is 0.326 e. The topological polar surface area (TPSA) is 108 Å². The summed E-state index contributed by atoms with van der Waals surface area (Å²) >= 11 is 0. The Bertz CT molecular complexity index is 525. The number of hydrogen-bond acceptors (Lipinski definition) is 6. The lowest BCUT2D eigenvalue weighted by molar-refractivity contribution is -0.138. The van der Waals surface area contributed by atoms with Gasteiger partial charge in [0, 0.05) is 13.7 Å². The number of carboxylic acids is 1. The molecule has 2 N–H and O–H groups in total. The Labute approximate surface area is 117 Å². The fourth-order valence-electron chi connectivity index (χ4n) is 1.70. The lowest BCUT2D eigenvalue weighted by Crippen LogP contribution is -2.30. The minimum Gasteiger partial charge on any atom is -0.480 e. The van der Waals surface area contributed by atoms with Crippen LogP contribution in [0.1, 0.15) is 29.7 Å². The molecule has 7 nitrogen and oxygen atoms in total.